The highest BCUT2D eigenvalue weighted by atomic mass is 16.5. The van der Waals surface area contributed by atoms with Crippen LogP contribution in [0.3, 0.4) is 0 Å². The zero-order valence-electron chi connectivity index (χ0n) is 23.0. The molecule has 0 spiro atoms. The first kappa shape index (κ1) is 29.4. The van der Waals surface area contributed by atoms with Crippen LogP contribution in [0.4, 0.5) is 22.7 Å². The van der Waals surface area contributed by atoms with E-state index >= 15 is 0 Å². The number of nitrogens with one attached hydrogen (secondary N) is 3. The van der Waals surface area contributed by atoms with Crippen molar-refractivity contribution >= 4 is 22.7 Å². The van der Waals surface area contributed by atoms with Gasteiger partial charge in [-0.15, -0.1) is 25.3 Å². The van der Waals surface area contributed by atoms with E-state index in [1.165, 1.54) is 0 Å². The molecule has 0 amide bonds. The highest BCUT2D eigenvalue weighted by molar-refractivity contribution is 5.91. The molecular weight excluding hydrogens is 560 g/mol. The fraction of sp³-hybridized carbons (Fsp3) is 0. The van der Waals surface area contributed by atoms with Crippen molar-refractivity contribution in [3.8, 4) is 45.0 Å². The predicted molar refractivity (Wildman–Crippen MR) is 167 cm³/mol. The molecule has 12 nitrogen and oxygen atoms in total. The molecule has 0 saturated heterocycles. The zero-order valence-corrected chi connectivity index (χ0v) is 23.0. The number of hydrogen-bond donors (Lipinski definition) is 6. The van der Waals surface area contributed by atoms with E-state index in [-0.39, 0.29) is 22.7 Å². The lowest BCUT2D eigenvalue weighted by Gasteiger charge is -2.14. The summed E-state index contributed by atoms with van der Waals surface area (Å²) in [4.78, 5) is 11.3. The van der Waals surface area contributed by atoms with Gasteiger partial charge in [0.2, 0.25) is 0 Å². The number of anilines is 3. The van der Waals surface area contributed by atoms with Gasteiger partial charge in [-0.05, 0) is 5.18 Å². The molecule has 6 rings (SSSR count). The Balaban J connectivity index is 0.000000175. The molecule has 0 radical (unpaired) electrons. The first-order chi connectivity index (χ1) is 21.7. The van der Waals surface area contributed by atoms with Crippen molar-refractivity contribution in [1.82, 2.24) is 20.4 Å². The Bertz CT molecular complexity index is 1760. The van der Waals surface area contributed by atoms with Crippen molar-refractivity contribution in [1.29, 1.82) is 0 Å². The Morgan fingerprint density at radius 1 is 0.409 bits per heavy atom. The largest absolute Gasteiger partial charge is 0.291 e. The first-order valence-corrected chi connectivity index (χ1v) is 13.3. The van der Waals surface area contributed by atoms with E-state index in [9.17, 15) is 20.5 Å². The van der Waals surface area contributed by atoms with Gasteiger partial charge in [-0.3, -0.25) is 32.1 Å². The van der Waals surface area contributed by atoms with E-state index in [0.717, 1.165) is 16.7 Å². The van der Waals surface area contributed by atoms with E-state index in [1.54, 1.807) is 12.1 Å². The molecule has 44 heavy (non-hydrogen) atoms. The third kappa shape index (κ3) is 6.22. The summed E-state index contributed by atoms with van der Waals surface area (Å²) in [6, 6.07) is 36.8. The van der Waals surface area contributed by atoms with Crippen molar-refractivity contribution in [2.24, 2.45) is 5.18 Å². The minimum Gasteiger partial charge on any atom is -0.291 e. The summed E-state index contributed by atoms with van der Waals surface area (Å²) in [5, 5.41) is 48.1. The van der Waals surface area contributed by atoms with Crippen LogP contribution in [0.5, 0.6) is 0 Å². The standard InChI is InChI=1S/C16H14N4O2.C16H12N4O2/c2*21-19-15-13(11-7-3-1-4-8-11)17-18-14(16(15)20-22)12-9-5-2-6-10-12/h1-10,21-22H,(H,17,20)(H,18,19);1-10,21H,(H,18,19). The lowest BCUT2D eigenvalue weighted by Crippen LogP contribution is -2.06. The van der Waals surface area contributed by atoms with Crippen molar-refractivity contribution in [3.63, 3.8) is 0 Å². The van der Waals surface area contributed by atoms with Gasteiger partial charge in [-0.2, -0.15) is 0 Å². The Hall–Kier alpha value is -6.08. The summed E-state index contributed by atoms with van der Waals surface area (Å²) < 4.78 is 0. The normalized spacial score (nSPS) is 10.2. The van der Waals surface area contributed by atoms with Crippen LogP contribution in [0.25, 0.3) is 45.0 Å². The van der Waals surface area contributed by atoms with E-state index in [2.05, 4.69) is 36.5 Å². The minimum absolute atomic E-state index is 0.0163. The van der Waals surface area contributed by atoms with Gasteiger partial charge in [0.25, 0.3) is 0 Å². The highest BCUT2D eigenvalue weighted by Crippen LogP contribution is 2.40. The minimum atomic E-state index is 0.0163. The third-order valence-corrected chi connectivity index (χ3v) is 6.54. The zero-order chi connectivity index (χ0) is 30.7. The number of nitrogens with zero attached hydrogens (tertiary/aromatic N) is 5. The molecule has 0 aliphatic rings. The highest BCUT2D eigenvalue weighted by Gasteiger charge is 2.20. The van der Waals surface area contributed by atoms with Crippen LogP contribution in [0.2, 0.25) is 0 Å². The van der Waals surface area contributed by atoms with Crippen molar-refractivity contribution in [2.45, 2.75) is 0 Å². The summed E-state index contributed by atoms with van der Waals surface area (Å²) in [7, 11) is 0. The lowest BCUT2D eigenvalue weighted by molar-refractivity contribution is 0.377. The smallest absolute Gasteiger partial charge is 0.163 e. The SMILES string of the molecule is O=Nc1c(-c2ccccc2)nnc(-c2ccccc2)c1NO.ONc1c(-c2ccccc2)nnc(-c2ccccc2)c1NO. The second-order valence-electron chi connectivity index (χ2n) is 9.16. The third-order valence-electron chi connectivity index (χ3n) is 6.54. The summed E-state index contributed by atoms with van der Waals surface area (Å²) in [5.41, 5.74) is 11.4. The van der Waals surface area contributed by atoms with Crippen LogP contribution in [0.15, 0.2) is 127 Å². The molecule has 0 bridgehead atoms. The molecule has 218 valence electrons. The fourth-order valence-electron chi connectivity index (χ4n) is 4.46. The number of benzene rings is 4. The molecule has 12 heteroatoms. The van der Waals surface area contributed by atoms with E-state index < -0.39 is 0 Å². The van der Waals surface area contributed by atoms with Crippen LogP contribution in [-0.4, -0.2) is 36.0 Å². The van der Waals surface area contributed by atoms with Crippen molar-refractivity contribution in [2.75, 3.05) is 16.4 Å². The van der Waals surface area contributed by atoms with Gasteiger partial charge in [0, 0.05) is 22.3 Å². The van der Waals surface area contributed by atoms with Crippen LogP contribution >= 0.6 is 0 Å². The average molecular weight is 587 g/mol. The van der Waals surface area contributed by atoms with Crippen molar-refractivity contribution < 1.29 is 15.6 Å². The molecule has 6 aromatic rings. The summed E-state index contributed by atoms with van der Waals surface area (Å²) >= 11 is 0. The van der Waals surface area contributed by atoms with Gasteiger partial charge >= 0.3 is 0 Å². The summed E-state index contributed by atoms with van der Waals surface area (Å²) in [6.07, 6.45) is 0. The quantitative estimate of drug-likeness (QED) is 0.0772. The Morgan fingerprint density at radius 3 is 0.977 bits per heavy atom. The molecule has 0 aliphatic carbocycles. The second kappa shape index (κ2) is 14.2. The van der Waals surface area contributed by atoms with E-state index in [0.29, 0.717) is 28.3 Å². The van der Waals surface area contributed by atoms with Crippen LogP contribution in [0, 0.1) is 4.91 Å². The van der Waals surface area contributed by atoms with Gasteiger partial charge in [-0.25, -0.2) is 0 Å². The molecule has 2 heterocycles. The second-order valence-corrected chi connectivity index (χ2v) is 9.16. The maximum atomic E-state index is 11.3. The van der Waals surface area contributed by atoms with E-state index in [1.807, 2.05) is 115 Å². The average Bonchev–Trinajstić information content (AvgIpc) is 3.11. The number of aromatic nitrogens is 4. The maximum Gasteiger partial charge on any atom is 0.163 e. The molecule has 2 aromatic heterocycles. The Morgan fingerprint density at radius 2 is 0.682 bits per heavy atom. The first-order valence-electron chi connectivity index (χ1n) is 13.3. The van der Waals surface area contributed by atoms with Crippen LogP contribution in [0.1, 0.15) is 0 Å². The Kier molecular flexibility index (Phi) is 9.49. The predicted octanol–water partition coefficient (Wildman–Crippen LogP) is 7.42. The lowest BCUT2D eigenvalue weighted by atomic mass is 10.1. The summed E-state index contributed by atoms with van der Waals surface area (Å²) in [6.45, 7) is 0. The van der Waals surface area contributed by atoms with Crippen LogP contribution < -0.4 is 16.4 Å². The number of hydrogen-bond acceptors (Lipinski definition) is 12. The van der Waals surface area contributed by atoms with Gasteiger partial charge in [0.1, 0.15) is 39.8 Å². The molecule has 0 aliphatic heterocycles. The topological polar surface area (TPSA) is 178 Å². The number of rotatable bonds is 8. The summed E-state index contributed by atoms with van der Waals surface area (Å²) in [5.74, 6) is 0. The van der Waals surface area contributed by atoms with Gasteiger partial charge in [0.15, 0.2) is 5.69 Å². The molecule has 0 atom stereocenters. The fourth-order valence-corrected chi connectivity index (χ4v) is 4.46. The molecule has 0 fully saturated rings. The van der Waals surface area contributed by atoms with E-state index in [4.69, 9.17) is 0 Å². The molecule has 0 unspecified atom stereocenters. The van der Waals surface area contributed by atoms with Gasteiger partial charge in [-0.1, -0.05) is 121 Å². The molecular formula is C32H26N8O4. The molecule has 0 saturated carbocycles. The van der Waals surface area contributed by atoms with Crippen molar-refractivity contribution in [3.05, 3.63) is 126 Å². The number of nitroso groups, excluding NO2 is 1. The monoisotopic (exact) mass is 586 g/mol. The molecule has 4 aromatic carbocycles. The maximum absolute atomic E-state index is 11.3. The van der Waals surface area contributed by atoms with Crippen LogP contribution in [-0.2, 0) is 0 Å². The molecule has 6 N–H and O–H groups in total. The van der Waals surface area contributed by atoms with Gasteiger partial charge < -0.3 is 0 Å². The van der Waals surface area contributed by atoms with Gasteiger partial charge in [0.05, 0.1) is 0 Å². The Labute approximate surface area is 251 Å².